The van der Waals surface area contributed by atoms with Gasteiger partial charge in [-0.15, -0.1) is 0 Å². The second-order valence-electron chi connectivity index (χ2n) is 4.57. The smallest absolute Gasteiger partial charge is 0.257 e. The van der Waals surface area contributed by atoms with Crippen molar-refractivity contribution in [2.45, 2.75) is 31.3 Å². The largest absolute Gasteiger partial charge is 0.413 e. The van der Waals surface area contributed by atoms with Gasteiger partial charge in [0.1, 0.15) is 0 Å². The molecule has 7 heteroatoms. The summed E-state index contributed by atoms with van der Waals surface area (Å²) in [5.74, 6) is 0.406. The van der Waals surface area contributed by atoms with Gasteiger partial charge in [-0.1, -0.05) is 26.0 Å². The van der Waals surface area contributed by atoms with Crippen molar-refractivity contribution in [1.29, 1.82) is 0 Å². The van der Waals surface area contributed by atoms with E-state index in [1.54, 1.807) is 12.1 Å². The van der Waals surface area contributed by atoms with Crippen LogP contribution in [0.4, 0.5) is 13.2 Å². The van der Waals surface area contributed by atoms with E-state index in [4.69, 9.17) is 0 Å². The first-order valence-corrected chi connectivity index (χ1v) is 7.06. The molecule has 0 fully saturated rings. The van der Waals surface area contributed by atoms with Crippen molar-refractivity contribution >= 4 is 10.1 Å². The molecule has 0 unspecified atom stereocenters. The molecule has 0 amide bonds. The average Bonchev–Trinajstić information content (AvgIpc) is 2.26. The Morgan fingerprint density at radius 3 is 2.11 bits per heavy atom. The summed E-state index contributed by atoms with van der Waals surface area (Å²) in [5, 5.41) is 0. The molecule has 19 heavy (non-hydrogen) atoms. The van der Waals surface area contributed by atoms with Gasteiger partial charge >= 0.3 is 6.18 Å². The number of hydrogen-bond acceptors (Lipinski definition) is 3. The zero-order valence-corrected chi connectivity index (χ0v) is 11.4. The van der Waals surface area contributed by atoms with Crippen molar-refractivity contribution in [3.8, 4) is 0 Å². The first kappa shape index (κ1) is 16.0. The van der Waals surface area contributed by atoms with Crippen molar-refractivity contribution in [1.82, 2.24) is 0 Å². The maximum absolute atomic E-state index is 11.9. The van der Waals surface area contributed by atoms with E-state index in [9.17, 15) is 21.6 Å². The van der Waals surface area contributed by atoms with Crippen LogP contribution in [0, 0.1) is 5.92 Å². The normalized spacial score (nSPS) is 12.9. The minimum atomic E-state index is -4.68. The first-order chi connectivity index (χ1) is 8.60. The topological polar surface area (TPSA) is 43.4 Å². The second-order valence-corrected chi connectivity index (χ2v) is 6.19. The highest BCUT2D eigenvalue weighted by Gasteiger charge is 2.31. The molecular formula is C12H15F3O3S. The Labute approximate surface area is 110 Å². The van der Waals surface area contributed by atoms with Gasteiger partial charge < -0.3 is 0 Å². The van der Waals surface area contributed by atoms with E-state index in [2.05, 4.69) is 4.18 Å². The molecule has 0 aromatic heterocycles. The molecule has 0 aliphatic carbocycles. The molecule has 1 aromatic carbocycles. The third-order valence-corrected chi connectivity index (χ3v) is 3.51. The quantitative estimate of drug-likeness (QED) is 0.784. The first-order valence-electron chi connectivity index (χ1n) is 5.65. The molecule has 0 spiro atoms. The molecule has 0 heterocycles. The standard InChI is InChI=1S/C12H15F3O3S/c1-9(2)7-10-3-5-11(6-4-10)19(16,17)18-8-12(13,14)15/h3-6,9H,7-8H2,1-2H3. The summed E-state index contributed by atoms with van der Waals surface area (Å²) in [4.78, 5) is -0.274. The van der Waals surface area contributed by atoms with Crippen molar-refractivity contribution in [2.24, 2.45) is 5.92 Å². The zero-order chi connectivity index (χ0) is 14.7. The lowest BCUT2D eigenvalue weighted by Gasteiger charge is -2.09. The third-order valence-electron chi connectivity index (χ3n) is 2.23. The van der Waals surface area contributed by atoms with Crippen LogP contribution in [0.5, 0.6) is 0 Å². The molecule has 1 aromatic rings. The molecule has 0 radical (unpaired) electrons. The van der Waals surface area contributed by atoms with E-state index in [1.165, 1.54) is 12.1 Å². The molecule has 0 aliphatic rings. The monoisotopic (exact) mass is 296 g/mol. The number of benzene rings is 1. The van der Waals surface area contributed by atoms with E-state index in [0.717, 1.165) is 12.0 Å². The minimum absolute atomic E-state index is 0.274. The number of alkyl halides is 3. The van der Waals surface area contributed by atoms with Crippen molar-refractivity contribution < 1.29 is 25.8 Å². The maximum Gasteiger partial charge on any atom is 0.413 e. The summed E-state index contributed by atoms with van der Waals surface area (Å²) < 4.78 is 62.7. The van der Waals surface area contributed by atoms with Gasteiger partial charge in [-0.05, 0) is 30.0 Å². The van der Waals surface area contributed by atoms with Crippen LogP contribution < -0.4 is 0 Å². The zero-order valence-electron chi connectivity index (χ0n) is 10.6. The lowest BCUT2D eigenvalue weighted by atomic mass is 10.0. The molecule has 108 valence electrons. The van der Waals surface area contributed by atoms with E-state index < -0.39 is 22.9 Å². The summed E-state index contributed by atoms with van der Waals surface area (Å²) in [7, 11) is -4.36. The predicted octanol–water partition coefficient (Wildman–Crippen LogP) is 3.15. The maximum atomic E-state index is 11.9. The molecule has 3 nitrogen and oxygen atoms in total. The Kier molecular flexibility index (Phi) is 4.98. The minimum Gasteiger partial charge on any atom is -0.257 e. The van der Waals surface area contributed by atoms with Gasteiger partial charge in [0.05, 0.1) is 4.90 Å². The van der Waals surface area contributed by atoms with E-state index in [0.29, 0.717) is 5.92 Å². The number of hydrogen-bond donors (Lipinski definition) is 0. The molecule has 0 bridgehead atoms. The molecule has 0 atom stereocenters. The number of rotatable bonds is 5. The predicted molar refractivity (Wildman–Crippen MR) is 64.2 cm³/mol. The van der Waals surface area contributed by atoms with Gasteiger partial charge in [0.2, 0.25) is 0 Å². The summed E-state index contributed by atoms with van der Waals surface area (Å²) in [6.45, 7) is 2.21. The summed E-state index contributed by atoms with van der Waals surface area (Å²) in [6, 6.07) is 5.65. The van der Waals surface area contributed by atoms with Crippen LogP contribution in [-0.4, -0.2) is 21.2 Å². The summed E-state index contributed by atoms with van der Waals surface area (Å²) in [6.07, 6.45) is -3.91. The second kappa shape index (κ2) is 5.92. The fraction of sp³-hybridized carbons (Fsp3) is 0.500. The lowest BCUT2D eigenvalue weighted by Crippen LogP contribution is -2.20. The molecule has 0 saturated heterocycles. The molecular weight excluding hydrogens is 281 g/mol. The molecule has 0 aliphatic heterocycles. The van der Waals surface area contributed by atoms with Gasteiger partial charge in [-0.3, -0.25) is 4.18 Å². The van der Waals surface area contributed by atoms with E-state index in [-0.39, 0.29) is 4.90 Å². The van der Waals surface area contributed by atoms with Crippen LogP contribution in [0.15, 0.2) is 29.2 Å². The fourth-order valence-electron chi connectivity index (χ4n) is 1.48. The Bertz CT molecular complexity index is 504. The molecule has 0 saturated carbocycles. The van der Waals surface area contributed by atoms with E-state index >= 15 is 0 Å². The Hall–Kier alpha value is -1.08. The Balaban J connectivity index is 2.79. The summed E-state index contributed by atoms with van der Waals surface area (Å²) >= 11 is 0. The van der Waals surface area contributed by atoms with Crippen LogP contribution >= 0.6 is 0 Å². The Morgan fingerprint density at radius 2 is 1.68 bits per heavy atom. The highest BCUT2D eigenvalue weighted by molar-refractivity contribution is 7.86. The Morgan fingerprint density at radius 1 is 1.16 bits per heavy atom. The van der Waals surface area contributed by atoms with Gasteiger partial charge in [-0.25, -0.2) is 0 Å². The summed E-state index contributed by atoms with van der Waals surface area (Å²) in [5.41, 5.74) is 0.921. The SMILES string of the molecule is CC(C)Cc1ccc(S(=O)(=O)OCC(F)(F)F)cc1. The highest BCUT2D eigenvalue weighted by Crippen LogP contribution is 2.20. The van der Waals surface area contributed by atoms with Crippen LogP contribution in [-0.2, 0) is 20.7 Å². The number of halogens is 3. The van der Waals surface area contributed by atoms with Crippen LogP contribution in [0.3, 0.4) is 0 Å². The van der Waals surface area contributed by atoms with Crippen LogP contribution in [0.25, 0.3) is 0 Å². The molecule has 1 rings (SSSR count). The fourth-order valence-corrected chi connectivity index (χ4v) is 2.37. The third kappa shape index (κ3) is 5.61. The van der Waals surface area contributed by atoms with Gasteiger partial charge in [-0.2, -0.15) is 21.6 Å². The average molecular weight is 296 g/mol. The lowest BCUT2D eigenvalue weighted by molar-refractivity contribution is -0.152. The van der Waals surface area contributed by atoms with Gasteiger partial charge in [0.25, 0.3) is 10.1 Å². The van der Waals surface area contributed by atoms with Crippen molar-refractivity contribution in [3.05, 3.63) is 29.8 Å². The van der Waals surface area contributed by atoms with Gasteiger partial charge in [0, 0.05) is 0 Å². The van der Waals surface area contributed by atoms with Gasteiger partial charge in [0.15, 0.2) is 6.61 Å². The van der Waals surface area contributed by atoms with Crippen LogP contribution in [0.1, 0.15) is 19.4 Å². The van der Waals surface area contributed by atoms with Crippen molar-refractivity contribution in [2.75, 3.05) is 6.61 Å². The molecule has 0 N–H and O–H groups in total. The van der Waals surface area contributed by atoms with Crippen molar-refractivity contribution in [3.63, 3.8) is 0 Å². The van der Waals surface area contributed by atoms with Crippen LogP contribution in [0.2, 0.25) is 0 Å². The highest BCUT2D eigenvalue weighted by atomic mass is 32.2. The van der Waals surface area contributed by atoms with E-state index in [1.807, 2.05) is 13.8 Å².